The van der Waals surface area contributed by atoms with Gasteiger partial charge >= 0.3 is 0 Å². The number of furan rings is 1. The summed E-state index contributed by atoms with van der Waals surface area (Å²) in [6, 6.07) is 4.40. The molecule has 1 saturated heterocycles. The number of hydrogen-bond acceptors (Lipinski definition) is 5. The fourth-order valence-corrected chi connectivity index (χ4v) is 3.48. The van der Waals surface area contributed by atoms with Gasteiger partial charge in [0, 0.05) is 24.2 Å². The molecule has 0 aliphatic carbocycles. The highest BCUT2D eigenvalue weighted by Crippen LogP contribution is 2.25. The SMILES string of the molecule is Cc1csc(CNCC(c2ccco2)N2CCCC2)n1. The van der Waals surface area contributed by atoms with Crippen LogP contribution in [0.25, 0.3) is 0 Å². The Hall–Kier alpha value is -1.17. The fourth-order valence-electron chi connectivity index (χ4n) is 2.74. The van der Waals surface area contributed by atoms with Gasteiger partial charge in [0.15, 0.2) is 0 Å². The Morgan fingerprint density at radius 2 is 2.30 bits per heavy atom. The van der Waals surface area contributed by atoms with Crippen molar-refractivity contribution in [2.75, 3.05) is 19.6 Å². The summed E-state index contributed by atoms with van der Waals surface area (Å²) in [4.78, 5) is 7.00. The van der Waals surface area contributed by atoms with E-state index in [0.29, 0.717) is 6.04 Å². The van der Waals surface area contributed by atoms with Crippen molar-refractivity contribution in [1.82, 2.24) is 15.2 Å². The number of hydrogen-bond donors (Lipinski definition) is 1. The first kappa shape index (κ1) is 13.8. The van der Waals surface area contributed by atoms with E-state index >= 15 is 0 Å². The molecule has 0 aromatic carbocycles. The predicted octanol–water partition coefficient (Wildman–Crippen LogP) is 2.97. The Kier molecular flexibility index (Phi) is 4.50. The van der Waals surface area contributed by atoms with Crippen LogP contribution < -0.4 is 5.32 Å². The molecule has 1 unspecified atom stereocenters. The van der Waals surface area contributed by atoms with Crippen LogP contribution in [0, 0.1) is 6.92 Å². The Morgan fingerprint density at radius 3 is 2.95 bits per heavy atom. The molecule has 2 aromatic heterocycles. The van der Waals surface area contributed by atoms with Gasteiger partial charge in [0.25, 0.3) is 0 Å². The Balaban J connectivity index is 1.58. The molecule has 1 aliphatic rings. The van der Waals surface area contributed by atoms with Gasteiger partial charge in [-0.15, -0.1) is 11.3 Å². The molecule has 1 atom stereocenters. The van der Waals surface area contributed by atoms with E-state index in [1.165, 1.54) is 25.9 Å². The molecule has 0 spiro atoms. The average Bonchev–Trinajstić information content (AvgIpc) is 3.18. The van der Waals surface area contributed by atoms with Crippen molar-refractivity contribution in [3.05, 3.63) is 40.2 Å². The second-order valence-corrected chi connectivity index (χ2v) is 6.23. The van der Waals surface area contributed by atoms with Crippen molar-refractivity contribution in [1.29, 1.82) is 0 Å². The minimum Gasteiger partial charge on any atom is -0.468 e. The normalized spacial score (nSPS) is 17.6. The molecule has 1 N–H and O–H groups in total. The van der Waals surface area contributed by atoms with Crippen LogP contribution in [0.3, 0.4) is 0 Å². The highest BCUT2D eigenvalue weighted by atomic mass is 32.1. The summed E-state index contributed by atoms with van der Waals surface area (Å²) in [5.74, 6) is 1.06. The molecule has 0 saturated carbocycles. The van der Waals surface area contributed by atoms with Gasteiger partial charge in [0.2, 0.25) is 0 Å². The highest BCUT2D eigenvalue weighted by molar-refractivity contribution is 7.09. The van der Waals surface area contributed by atoms with Gasteiger partial charge in [-0.25, -0.2) is 4.98 Å². The molecule has 2 aromatic rings. The van der Waals surface area contributed by atoms with Gasteiger partial charge in [-0.1, -0.05) is 0 Å². The monoisotopic (exact) mass is 291 g/mol. The molecule has 1 aliphatic heterocycles. The molecule has 3 rings (SSSR count). The van der Waals surface area contributed by atoms with Gasteiger partial charge in [-0.05, 0) is 45.0 Å². The summed E-state index contributed by atoms with van der Waals surface area (Å²) >= 11 is 1.72. The van der Waals surface area contributed by atoms with E-state index in [1.54, 1.807) is 17.6 Å². The second-order valence-electron chi connectivity index (χ2n) is 5.29. The van der Waals surface area contributed by atoms with Crippen LogP contribution in [0.1, 0.15) is 35.3 Å². The zero-order valence-corrected chi connectivity index (χ0v) is 12.7. The van der Waals surface area contributed by atoms with E-state index in [4.69, 9.17) is 4.42 Å². The maximum Gasteiger partial charge on any atom is 0.122 e. The number of aromatic nitrogens is 1. The first-order valence-corrected chi connectivity index (χ1v) is 8.10. The quantitative estimate of drug-likeness (QED) is 0.888. The lowest BCUT2D eigenvalue weighted by Gasteiger charge is -2.25. The number of rotatable bonds is 6. The summed E-state index contributed by atoms with van der Waals surface area (Å²) in [6.07, 6.45) is 4.36. The molecule has 3 heterocycles. The van der Waals surface area contributed by atoms with Gasteiger partial charge < -0.3 is 9.73 Å². The number of aryl methyl sites for hydroxylation is 1. The summed E-state index contributed by atoms with van der Waals surface area (Å²) in [6.45, 7) is 6.12. The molecule has 4 nitrogen and oxygen atoms in total. The van der Waals surface area contributed by atoms with Gasteiger partial charge in [-0.2, -0.15) is 0 Å². The fraction of sp³-hybridized carbons (Fsp3) is 0.533. The first-order chi connectivity index (χ1) is 9.83. The molecule has 1 fully saturated rings. The maximum atomic E-state index is 5.62. The van der Waals surface area contributed by atoms with Gasteiger partial charge in [-0.3, -0.25) is 4.90 Å². The molecule has 0 amide bonds. The summed E-state index contributed by atoms with van der Waals surface area (Å²) in [7, 11) is 0. The second kappa shape index (κ2) is 6.52. The molecule has 5 heteroatoms. The Bertz CT molecular complexity index is 517. The average molecular weight is 291 g/mol. The summed E-state index contributed by atoms with van der Waals surface area (Å²) in [5.41, 5.74) is 1.11. The highest BCUT2D eigenvalue weighted by Gasteiger charge is 2.25. The predicted molar refractivity (Wildman–Crippen MR) is 80.8 cm³/mol. The van der Waals surface area contributed by atoms with Crippen molar-refractivity contribution >= 4 is 11.3 Å². The van der Waals surface area contributed by atoms with Crippen LogP contribution in [0.5, 0.6) is 0 Å². The van der Waals surface area contributed by atoms with Crippen LogP contribution in [0.2, 0.25) is 0 Å². The molecule has 20 heavy (non-hydrogen) atoms. The smallest absolute Gasteiger partial charge is 0.122 e. The van der Waals surface area contributed by atoms with Crippen molar-refractivity contribution in [2.45, 2.75) is 32.4 Å². The van der Waals surface area contributed by atoms with Crippen molar-refractivity contribution in [3.8, 4) is 0 Å². The Morgan fingerprint density at radius 1 is 1.45 bits per heavy atom. The third-order valence-electron chi connectivity index (χ3n) is 3.73. The maximum absolute atomic E-state index is 5.62. The minimum atomic E-state index is 0.341. The van der Waals surface area contributed by atoms with E-state index in [9.17, 15) is 0 Å². The van der Waals surface area contributed by atoms with Crippen molar-refractivity contribution in [3.63, 3.8) is 0 Å². The largest absolute Gasteiger partial charge is 0.468 e. The Labute approximate surface area is 123 Å². The van der Waals surface area contributed by atoms with E-state index < -0.39 is 0 Å². The van der Waals surface area contributed by atoms with Crippen LogP contribution in [0.15, 0.2) is 28.2 Å². The zero-order valence-electron chi connectivity index (χ0n) is 11.8. The first-order valence-electron chi connectivity index (χ1n) is 7.22. The lowest BCUT2D eigenvalue weighted by atomic mass is 10.2. The number of nitrogens with zero attached hydrogens (tertiary/aromatic N) is 2. The lowest BCUT2D eigenvalue weighted by Crippen LogP contribution is -2.33. The third kappa shape index (κ3) is 3.29. The number of nitrogens with one attached hydrogen (secondary N) is 1. The van der Waals surface area contributed by atoms with E-state index in [0.717, 1.165) is 29.6 Å². The van der Waals surface area contributed by atoms with Crippen molar-refractivity contribution in [2.24, 2.45) is 0 Å². The van der Waals surface area contributed by atoms with Crippen LogP contribution >= 0.6 is 11.3 Å². The van der Waals surface area contributed by atoms with Crippen LogP contribution in [-0.2, 0) is 6.54 Å². The van der Waals surface area contributed by atoms with E-state index in [1.807, 2.05) is 13.0 Å². The number of likely N-dealkylation sites (tertiary alicyclic amines) is 1. The van der Waals surface area contributed by atoms with Gasteiger partial charge in [0.05, 0.1) is 12.3 Å². The standard InChI is InChI=1S/C15H21N3OS/c1-12-11-20-15(17-12)10-16-9-13(14-5-4-8-19-14)18-6-2-3-7-18/h4-5,8,11,13,16H,2-3,6-7,9-10H2,1H3. The molecule has 108 valence electrons. The van der Waals surface area contributed by atoms with Crippen LogP contribution in [-0.4, -0.2) is 29.5 Å². The topological polar surface area (TPSA) is 41.3 Å². The molecular formula is C15H21N3OS. The summed E-state index contributed by atoms with van der Waals surface area (Å²) < 4.78 is 5.62. The van der Waals surface area contributed by atoms with Gasteiger partial charge in [0.1, 0.15) is 10.8 Å². The lowest BCUT2D eigenvalue weighted by molar-refractivity contribution is 0.209. The van der Waals surface area contributed by atoms with E-state index in [-0.39, 0.29) is 0 Å². The summed E-state index contributed by atoms with van der Waals surface area (Å²) in [5, 5.41) is 6.78. The zero-order chi connectivity index (χ0) is 13.8. The molecular weight excluding hydrogens is 270 g/mol. The minimum absolute atomic E-state index is 0.341. The molecule has 0 radical (unpaired) electrons. The van der Waals surface area contributed by atoms with E-state index in [2.05, 4.69) is 26.6 Å². The van der Waals surface area contributed by atoms with Crippen LogP contribution in [0.4, 0.5) is 0 Å². The molecule has 0 bridgehead atoms. The third-order valence-corrected chi connectivity index (χ3v) is 4.70. The van der Waals surface area contributed by atoms with Crippen molar-refractivity contribution < 1.29 is 4.42 Å². The number of thiazole rings is 1.